The fourth-order valence-corrected chi connectivity index (χ4v) is 6.12. The van der Waals surface area contributed by atoms with Gasteiger partial charge in [0.1, 0.15) is 11.6 Å². The highest BCUT2D eigenvalue weighted by Crippen LogP contribution is 2.39. The molecule has 1 heterocycles. The molecule has 0 bridgehead atoms. The minimum absolute atomic E-state index is 0.100. The number of halogens is 2. The summed E-state index contributed by atoms with van der Waals surface area (Å²) in [6, 6.07) is 13.1. The van der Waals surface area contributed by atoms with Crippen LogP contribution in [-0.4, -0.2) is 56.0 Å². The van der Waals surface area contributed by atoms with Crippen LogP contribution in [0.2, 0.25) is 0 Å². The molecule has 0 spiro atoms. The number of urea groups is 1. The molecule has 10 heteroatoms. The Morgan fingerprint density at radius 2 is 1.66 bits per heavy atom. The van der Waals surface area contributed by atoms with Crippen LogP contribution in [0, 0.1) is 17.6 Å². The zero-order valence-corrected chi connectivity index (χ0v) is 25.2. The molecule has 1 aliphatic heterocycles. The van der Waals surface area contributed by atoms with E-state index >= 15 is 4.39 Å². The summed E-state index contributed by atoms with van der Waals surface area (Å²) in [4.78, 5) is 29.7. The van der Waals surface area contributed by atoms with Crippen LogP contribution in [0.1, 0.15) is 56.3 Å². The van der Waals surface area contributed by atoms with Gasteiger partial charge in [-0.15, -0.1) is 0 Å². The Morgan fingerprint density at radius 1 is 0.955 bits per heavy atom. The molecule has 0 unspecified atom stereocenters. The maximum Gasteiger partial charge on any atom is 0.336 e. The van der Waals surface area contributed by atoms with Gasteiger partial charge in [-0.2, -0.15) is 0 Å². The number of amides is 2. The summed E-state index contributed by atoms with van der Waals surface area (Å²) in [5.74, 6) is -2.43. The van der Waals surface area contributed by atoms with Gasteiger partial charge >= 0.3 is 12.0 Å². The van der Waals surface area contributed by atoms with E-state index < -0.39 is 23.6 Å². The molecule has 0 atom stereocenters. The number of rotatable bonds is 9. The van der Waals surface area contributed by atoms with Gasteiger partial charge in [-0.25, -0.2) is 18.4 Å². The number of anilines is 4. The van der Waals surface area contributed by atoms with E-state index in [1.165, 1.54) is 12.1 Å². The Hall–Kier alpha value is -4.18. The first-order chi connectivity index (χ1) is 21.2. The van der Waals surface area contributed by atoms with Crippen molar-refractivity contribution >= 4 is 34.7 Å². The molecule has 3 aromatic carbocycles. The van der Waals surface area contributed by atoms with Gasteiger partial charge in [-0.1, -0.05) is 33.1 Å². The van der Waals surface area contributed by atoms with Gasteiger partial charge in [-0.05, 0) is 73.4 Å². The number of aromatic carboxylic acids is 1. The highest BCUT2D eigenvalue weighted by atomic mass is 19.1. The Labute approximate surface area is 257 Å². The van der Waals surface area contributed by atoms with Crippen LogP contribution in [0.3, 0.4) is 0 Å². The lowest BCUT2D eigenvalue weighted by molar-refractivity contribution is 0.0697. The average Bonchev–Trinajstić information content (AvgIpc) is 3.01. The molecule has 1 saturated heterocycles. The molecular weight excluding hydrogens is 566 g/mol. The maximum atomic E-state index is 15.9. The van der Waals surface area contributed by atoms with E-state index in [-0.39, 0.29) is 28.7 Å². The van der Waals surface area contributed by atoms with Crippen LogP contribution in [0.4, 0.5) is 36.3 Å². The molecule has 2 fully saturated rings. The zero-order chi connectivity index (χ0) is 31.2. The third-order valence-corrected chi connectivity index (χ3v) is 8.22. The predicted octanol–water partition coefficient (Wildman–Crippen LogP) is 7.61. The minimum atomic E-state index is -1.31. The van der Waals surface area contributed by atoms with E-state index in [4.69, 9.17) is 4.74 Å². The SMILES string of the molecule is CC(C)CN(c1cc(F)c(-c2cc(F)ccc2C(=O)O)cc1NC(=O)Nc1ccc(N2CCOCC2)cc1)C1CCCCC1. The second kappa shape index (κ2) is 14.1. The van der Waals surface area contributed by atoms with Gasteiger partial charge in [0.2, 0.25) is 0 Å². The number of carbonyl (C=O) groups is 2. The summed E-state index contributed by atoms with van der Waals surface area (Å²) >= 11 is 0. The monoisotopic (exact) mass is 606 g/mol. The maximum absolute atomic E-state index is 15.9. The Bertz CT molecular complexity index is 1470. The summed E-state index contributed by atoms with van der Waals surface area (Å²) in [6.45, 7) is 7.76. The lowest BCUT2D eigenvalue weighted by Gasteiger charge is -2.38. The van der Waals surface area contributed by atoms with Crippen molar-refractivity contribution in [2.45, 2.75) is 52.0 Å². The first-order valence-corrected chi connectivity index (χ1v) is 15.3. The molecule has 3 aromatic rings. The van der Waals surface area contributed by atoms with Crippen molar-refractivity contribution in [2.24, 2.45) is 5.92 Å². The summed E-state index contributed by atoms with van der Waals surface area (Å²) in [5, 5.41) is 15.5. The number of hydrogen-bond acceptors (Lipinski definition) is 5. The van der Waals surface area contributed by atoms with Crippen molar-refractivity contribution in [1.29, 1.82) is 0 Å². The third-order valence-electron chi connectivity index (χ3n) is 8.22. The number of carboxylic acid groups (broad SMARTS) is 1. The first kappa shape index (κ1) is 31.3. The number of morpholine rings is 1. The quantitative estimate of drug-likeness (QED) is 0.232. The van der Waals surface area contributed by atoms with Crippen LogP contribution >= 0.6 is 0 Å². The number of carbonyl (C=O) groups excluding carboxylic acids is 1. The third kappa shape index (κ3) is 7.48. The van der Waals surface area contributed by atoms with Gasteiger partial charge in [0.05, 0.1) is 30.2 Å². The topological polar surface area (TPSA) is 94.1 Å². The van der Waals surface area contributed by atoms with Gasteiger partial charge in [-0.3, -0.25) is 0 Å². The van der Waals surface area contributed by atoms with Crippen LogP contribution < -0.4 is 20.4 Å². The molecular formula is C34H40F2N4O4. The predicted molar refractivity (Wildman–Crippen MR) is 170 cm³/mol. The Kier molecular flexibility index (Phi) is 9.99. The van der Waals surface area contributed by atoms with E-state index in [2.05, 4.69) is 34.3 Å². The molecule has 8 nitrogen and oxygen atoms in total. The summed E-state index contributed by atoms with van der Waals surface area (Å²) < 4.78 is 35.7. The first-order valence-electron chi connectivity index (χ1n) is 15.3. The molecule has 1 aliphatic carbocycles. The minimum Gasteiger partial charge on any atom is -0.478 e. The number of nitrogens with one attached hydrogen (secondary N) is 2. The van der Waals surface area contributed by atoms with Crippen LogP contribution in [0.25, 0.3) is 11.1 Å². The standard InChI is InChI=1S/C34H40F2N4O4/c1-22(2)21-40(26-6-4-3-5-7-26)32-20-30(36)29(28-18-23(35)8-13-27(28)33(41)42)19-31(32)38-34(43)37-24-9-11-25(12-10-24)39-14-16-44-17-15-39/h8-13,18-20,22,26H,3-7,14-17,21H2,1-2H3,(H,41,42)(H2,37,38,43). The average molecular weight is 607 g/mol. The van der Waals surface area contributed by atoms with E-state index in [1.54, 1.807) is 0 Å². The highest BCUT2D eigenvalue weighted by molar-refractivity contribution is 6.03. The van der Waals surface area contributed by atoms with Crippen molar-refractivity contribution in [2.75, 3.05) is 53.3 Å². The molecule has 1 saturated carbocycles. The zero-order valence-electron chi connectivity index (χ0n) is 25.2. The largest absolute Gasteiger partial charge is 0.478 e. The molecule has 44 heavy (non-hydrogen) atoms. The van der Waals surface area contributed by atoms with Crippen molar-refractivity contribution in [1.82, 2.24) is 0 Å². The molecule has 2 aliphatic rings. The number of hydrogen-bond donors (Lipinski definition) is 3. The summed E-state index contributed by atoms with van der Waals surface area (Å²) in [7, 11) is 0. The fourth-order valence-electron chi connectivity index (χ4n) is 6.12. The van der Waals surface area contributed by atoms with E-state index in [9.17, 15) is 19.1 Å². The van der Waals surface area contributed by atoms with Crippen LogP contribution in [0.15, 0.2) is 54.6 Å². The normalized spacial score (nSPS) is 15.7. The molecule has 3 N–H and O–H groups in total. The molecule has 5 rings (SSSR count). The van der Waals surface area contributed by atoms with Gasteiger partial charge < -0.3 is 30.3 Å². The Morgan fingerprint density at radius 3 is 2.32 bits per heavy atom. The van der Waals surface area contributed by atoms with Gasteiger partial charge in [0.15, 0.2) is 0 Å². The molecule has 234 valence electrons. The smallest absolute Gasteiger partial charge is 0.336 e. The second-order valence-electron chi connectivity index (χ2n) is 11.9. The van der Waals surface area contributed by atoms with Crippen LogP contribution in [0.5, 0.6) is 0 Å². The second-order valence-corrected chi connectivity index (χ2v) is 11.9. The fraction of sp³-hybridized carbons (Fsp3) is 0.412. The summed E-state index contributed by atoms with van der Waals surface area (Å²) in [5.41, 5.74) is 1.99. The number of carboxylic acids is 1. The van der Waals surface area contributed by atoms with Crippen LogP contribution in [-0.2, 0) is 4.74 Å². The van der Waals surface area contributed by atoms with Crippen molar-refractivity contribution in [3.05, 3.63) is 71.8 Å². The van der Waals surface area contributed by atoms with Gasteiger partial charge in [0.25, 0.3) is 0 Å². The number of ether oxygens (including phenoxy) is 1. The van der Waals surface area contributed by atoms with Gasteiger partial charge in [0, 0.05) is 48.2 Å². The van der Waals surface area contributed by atoms with E-state index in [0.29, 0.717) is 36.8 Å². The molecule has 2 amide bonds. The van der Waals surface area contributed by atoms with E-state index in [1.807, 2.05) is 24.3 Å². The van der Waals surface area contributed by atoms with Crippen molar-refractivity contribution in [3.8, 4) is 11.1 Å². The number of nitrogens with zero attached hydrogens (tertiary/aromatic N) is 2. The number of benzene rings is 3. The highest BCUT2D eigenvalue weighted by Gasteiger charge is 2.27. The van der Waals surface area contributed by atoms with E-state index in [0.717, 1.165) is 69.1 Å². The van der Waals surface area contributed by atoms with Crippen molar-refractivity contribution < 1.29 is 28.2 Å². The molecule has 0 aromatic heterocycles. The lowest BCUT2D eigenvalue weighted by atomic mass is 9.92. The Balaban J connectivity index is 1.50. The van der Waals surface area contributed by atoms with Crippen molar-refractivity contribution in [3.63, 3.8) is 0 Å². The summed E-state index contributed by atoms with van der Waals surface area (Å²) in [6.07, 6.45) is 5.17. The molecule has 0 radical (unpaired) electrons. The lowest BCUT2D eigenvalue weighted by Crippen LogP contribution is -2.40.